The van der Waals surface area contributed by atoms with Crippen molar-refractivity contribution in [3.8, 4) is 5.88 Å². The Morgan fingerprint density at radius 3 is 3.00 bits per heavy atom. The molecule has 0 aromatic carbocycles. The summed E-state index contributed by atoms with van der Waals surface area (Å²) in [4.78, 5) is 10.8. The van der Waals surface area contributed by atoms with Gasteiger partial charge >= 0.3 is 0 Å². The zero-order valence-electron chi connectivity index (χ0n) is 12.6. The predicted molar refractivity (Wildman–Crippen MR) is 81.0 cm³/mol. The van der Waals surface area contributed by atoms with E-state index in [1.54, 1.807) is 0 Å². The molecule has 3 N–H and O–H groups in total. The van der Waals surface area contributed by atoms with Crippen LogP contribution in [0.25, 0.3) is 0 Å². The van der Waals surface area contributed by atoms with Gasteiger partial charge < -0.3 is 20.7 Å². The van der Waals surface area contributed by atoms with E-state index in [0.717, 1.165) is 19.5 Å². The molecule has 0 radical (unpaired) electrons. The second-order valence-corrected chi connectivity index (χ2v) is 5.48. The fourth-order valence-corrected chi connectivity index (χ4v) is 2.47. The van der Waals surface area contributed by atoms with Crippen molar-refractivity contribution in [3.63, 3.8) is 0 Å². The number of ether oxygens (including phenoxy) is 1. The van der Waals surface area contributed by atoms with Crippen LogP contribution in [-0.2, 0) is 0 Å². The standard InChI is InChI=1S/C14H25N5O/c1-4-19-7-5-6-11(8-19)18-13-12(15)14(17-9-16-13)20-10(2)3/h9-11H,4-8,15H2,1-3H3,(H,16,17,18). The minimum absolute atomic E-state index is 0.0466. The molecule has 1 aliphatic rings. The van der Waals surface area contributed by atoms with Crippen molar-refractivity contribution in [2.45, 2.75) is 45.8 Å². The molecule has 2 rings (SSSR count). The van der Waals surface area contributed by atoms with Crippen molar-refractivity contribution < 1.29 is 4.74 Å². The van der Waals surface area contributed by atoms with Crippen molar-refractivity contribution in [2.75, 3.05) is 30.7 Å². The van der Waals surface area contributed by atoms with E-state index in [2.05, 4.69) is 27.1 Å². The van der Waals surface area contributed by atoms with E-state index >= 15 is 0 Å². The molecule has 0 amide bonds. The number of hydrogen-bond donors (Lipinski definition) is 2. The molecular weight excluding hydrogens is 254 g/mol. The van der Waals surface area contributed by atoms with Gasteiger partial charge in [0.1, 0.15) is 12.0 Å². The Hall–Kier alpha value is -1.56. The summed E-state index contributed by atoms with van der Waals surface area (Å²) in [5, 5.41) is 3.43. The second kappa shape index (κ2) is 6.74. The topological polar surface area (TPSA) is 76.3 Å². The number of nitrogen functional groups attached to an aromatic ring is 1. The molecule has 0 saturated carbocycles. The Balaban J connectivity index is 2.05. The van der Waals surface area contributed by atoms with Gasteiger partial charge in [0.25, 0.3) is 0 Å². The van der Waals surface area contributed by atoms with Crippen LogP contribution in [0.5, 0.6) is 5.88 Å². The van der Waals surface area contributed by atoms with E-state index in [0.29, 0.717) is 23.4 Å². The first kappa shape index (κ1) is 14.8. The predicted octanol–water partition coefficient (Wildman–Crippen LogP) is 1.74. The molecule has 20 heavy (non-hydrogen) atoms. The van der Waals surface area contributed by atoms with Gasteiger partial charge in [-0.1, -0.05) is 6.92 Å². The summed E-state index contributed by atoms with van der Waals surface area (Å²) < 4.78 is 5.59. The summed E-state index contributed by atoms with van der Waals surface area (Å²) >= 11 is 0. The lowest BCUT2D eigenvalue weighted by atomic mass is 10.1. The molecule has 1 aromatic heterocycles. The molecule has 6 heteroatoms. The highest BCUT2D eigenvalue weighted by atomic mass is 16.5. The Morgan fingerprint density at radius 2 is 2.30 bits per heavy atom. The van der Waals surface area contributed by atoms with Gasteiger partial charge in [-0.15, -0.1) is 0 Å². The van der Waals surface area contributed by atoms with E-state index in [9.17, 15) is 0 Å². The molecule has 1 fully saturated rings. The number of nitrogens with zero attached hydrogens (tertiary/aromatic N) is 3. The third kappa shape index (κ3) is 3.72. The number of hydrogen-bond acceptors (Lipinski definition) is 6. The largest absolute Gasteiger partial charge is 0.473 e. The van der Waals surface area contributed by atoms with Crippen molar-refractivity contribution in [1.29, 1.82) is 0 Å². The Morgan fingerprint density at radius 1 is 1.50 bits per heavy atom. The first-order chi connectivity index (χ1) is 9.60. The molecule has 2 heterocycles. The Kier molecular flexibility index (Phi) is 5.00. The molecule has 112 valence electrons. The molecular formula is C14H25N5O. The monoisotopic (exact) mass is 279 g/mol. The van der Waals surface area contributed by atoms with Crippen LogP contribution in [0, 0.1) is 0 Å². The maximum absolute atomic E-state index is 6.09. The van der Waals surface area contributed by atoms with Gasteiger partial charge in [0.05, 0.1) is 6.10 Å². The highest BCUT2D eigenvalue weighted by molar-refractivity contribution is 5.66. The second-order valence-electron chi connectivity index (χ2n) is 5.48. The van der Waals surface area contributed by atoms with Crippen LogP contribution in [0.1, 0.15) is 33.6 Å². The smallest absolute Gasteiger partial charge is 0.242 e. The lowest BCUT2D eigenvalue weighted by Gasteiger charge is -2.32. The van der Waals surface area contributed by atoms with Crippen LogP contribution < -0.4 is 15.8 Å². The first-order valence-electron chi connectivity index (χ1n) is 7.36. The number of rotatable bonds is 5. The fraction of sp³-hybridized carbons (Fsp3) is 0.714. The van der Waals surface area contributed by atoms with Crippen LogP contribution in [0.15, 0.2) is 6.33 Å². The van der Waals surface area contributed by atoms with E-state index < -0.39 is 0 Å². The van der Waals surface area contributed by atoms with Gasteiger partial charge in [0.2, 0.25) is 5.88 Å². The lowest BCUT2D eigenvalue weighted by molar-refractivity contribution is 0.226. The minimum atomic E-state index is 0.0466. The maximum Gasteiger partial charge on any atom is 0.242 e. The van der Waals surface area contributed by atoms with Crippen LogP contribution >= 0.6 is 0 Å². The lowest BCUT2D eigenvalue weighted by Crippen LogP contribution is -2.42. The zero-order valence-corrected chi connectivity index (χ0v) is 12.6. The molecule has 1 atom stereocenters. The van der Waals surface area contributed by atoms with Gasteiger partial charge in [-0.2, -0.15) is 4.98 Å². The molecule has 1 saturated heterocycles. The molecule has 6 nitrogen and oxygen atoms in total. The van der Waals surface area contributed by atoms with E-state index in [1.807, 2.05) is 13.8 Å². The third-order valence-corrected chi connectivity index (χ3v) is 3.49. The molecule has 1 aliphatic heterocycles. The quantitative estimate of drug-likeness (QED) is 0.855. The maximum atomic E-state index is 6.09. The first-order valence-corrected chi connectivity index (χ1v) is 7.36. The number of likely N-dealkylation sites (N-methyl/N-ethyl adjacent to an activating group) is 1. The summed E-state index contributed by atoms with van der Waals surface area (Å²) in [6.45, 7) is 9.38. The van der Waals surface area contributed by atoms with Crippen molar-refractivity contribution in [1.82, 2.24) is 14.9 Å². The van der Waals surface area contributed by atoms with Crippen LogP contribution in [0.2, 0.25) is 0 Å². The van der Waals surface area contributed by atoms with E-state index in [4.69, 9.17) is 10.5 Å². The summed E-state index contributed by atoms with van der Waals surface area (Å²) in [6, 6.07) is 0.382. The SMILES string of the molecule is CCN1CCCC(Nc2ncnc(OC(C)C)c2N)C1. The fourth-order valence-electron chi connectivity index (χ4n) is 2.47. The summed E-state index contributed by atoms with van der Waals surface area (Å²) in [5.41, 5.74) is 6.59. The average Bonchev–Trinajstić information content (AvgIpc) is 2.43. The van der Waals surface area contributed by atoms with Crippen LogP contribution in [0.3, 0.4) is 0 Å². The number of likely N-dealkylation sites (tertiary alicyclic amines) is 1. The van der Waals surface area contributed by atoms with Crippen molar-refractivity contribution >= 4 is 11.5 Å². The number of nitrogens with two attached hydrogens (primary N) is 1. The van der Waals surface area contributed by atoms with Gasteiger partial charge in [0.15, 0.2) is 5.82 Å². The average molecular weight is 279 g/mol. The normalized spacial score (nSPS) is 20.1. The van der Waals surface area contributed by atoms with E-state index in [-0.39, 0.29) is 6.10 Å². The van der Waals surface area contributed by atoms with Gasteiger partial charge in [-0.05, 0) is 39.8 Å². The Labute approximate surface area is 120 Å². The zero-order chi connectivity index (χ0) is 14.5. The molecule has 0 aliphatic carbocycles. The van der Waals surface area contributed by atoms with Crippen molar-refractivity contribution in [3.05, 3.63) is 6.33 Å². The highest BCUT2D eigenvalue weighted by Crippen LogP contribution is 2.27. The molecule has 0 spiro atoms. The number of piperidine rings is 1. The molecule has 1 unspecified atom stereocenters. The van der Waals surface area contributed by atoms with Gasteiger partial charge in [-0.25, -0.2) is 4.98 Å². The van der Waals surface area contributed by atoms with Crippen molar-refractivity contribution in [2.24, 2.45) is 0 Å². The summed E-state index contributed by atoms with van der Waals surface area (Å²) in [5.74, 6) is 1.14. The Bertz CT molecular complexity index is 438. The van der Waals surface area contributed by atoms with Gasteiger partial charge in [-0.3, -0.25) is 0 Å². The van der Waals surface area contributed by atoms with E-state index in [1.165, 1.54) is 19.3 Å². The summed E-state index contributed by atoms with van der Waals surface area (Å²) in [6.07, 6.45) is 3.88. The number of anilines is 2. The molecule has 0 bridgehead atoms. The third-order valence-electron chi connectivity index (χ3n) is 3.49. The minimum Gasteiger partial charge on any atom is -0.473 e. The molecule has 1 aromatic rings. The number of aromatic nitrogens is 2. The highest BCUT2D eigenvalue weighted by Gasteiger charge is 2.20. The van der Waals surface area contributed by atoms with Crippen LogP contribution in [-0.4, -0.2) is 46.6 Å². The van der Waals surface area contributed by atoms with Crippen LogP contribution in [0.4, 0.5) is 11.5 Å². The van der Waals surface area contributed by atoms with Gasteiger partial charge in [0, 0.05) is 12.6 Å². The summed E-state index contributed by atoms with van der Waals surface area (Å²) in [7, 11) is 0. The number of nitrogens with one attached hydrogen (secondary N) is 1.